The van der Waals surface area contributed by atoms with E-state index in [9.17, 15) is 19.8 Å². The van der Waals surface area contributed by atoms with Crippen LogP contribution >= 0.6 is 22.6 Å². The number of aliphatic hydroxyl groups excluding tert-OH is 2. The molecule has 2 saturated heterocycles. The molecule has 0 radical (unpaired) electrons. The van der Waals surface area contributed by atoms with E-state index in [1.54, 1.807) is 6.92 Å². The van der Waals surface area contributed by atoms with Gasteiger partial charge >= 0.3 is 6.03 Å². The Balaban J connectivity index is 2.12. The lowest BCUT2D eigenvalue weighted by molar-refractivity contribution is -0.129. The summed E-state index contributed by atoms with van der Waals surface area (Å²) in [6.45, 7) is 1.84. The Morgan fingerprint density at radius 3 is 2.59 bits per heavy atom. The first kappa shape index (κ1) is 13.0. The molecule has 2 rings (SSSR count). The van der Waals surface area contributed by atoms with Crippen LogP contribution in [0.3, 0.4) is 0 Å². The minimum absolute atomic E-state index is 0.169. The number of imide groups is 1. The Labute approximate surface area is 111 Å². The Morgan fingerprint density at radius 2 is 2.06 bits per heavy atom. The average Bonchev–Trinajstić information content (AvgIpc) is 2.51. The summed E-state index contributed by atoms with van der Waals surface area (Å²) in [5.74, 6) is -0.709. The zero-order chi connectivity index (χ0) is 12.7. The molecule has 2 aliphatic heterocycles. The molecule has 3 N–H and O–H groups in total. The van der Waals surface area contributed by atoms with Crippen molar-refractivity contribution in [2.24, 2.45) is 5.92 Å². The van der Waals surface area contributed by atoms with Crippen molar-refractivity contribution in [3.05, 3.63) is 0 Å². The van der Waals surface area contributed by atoms with Crippen LogP contribution < -0.4 is 5.32 Å². The van der Waals surface area contributed by atoms with Crippen molar-refractivity contribution >= 4 is 34.5 Å². The molecule has 3 unspecified atom stereocenters. The number of amides is 3. The standard InChI is InChI=1S/C9H13IN2O5/c1-3-2-12(9(16)11-7(3)15)8-5(14)4(13)6(10)17-8/h3-6,8,13-14H,2H2,1H3,(H,11,15,16)/t3?,4-,5+,6?,8?/m0/s1. The molecule has 0 aromatic heterocycles. The molecule has 5 atom stereocenters. The maximum absolute atomic E-state index is 11.6. The van der Waals surface area contributed by atoms with Crippen molar-refractivity contribution in [2.45, 2.75) is 29.5 Å². The molecule has 0 spiro atoms. The van der Waals surface area contributed by atoms with Crippen molar-refractivity contribution in [2.75, 3.05) is 6.54 Å². The monoisotopic (exact) mass is 356 g/mol. The van der Waals surface area contributed by atoms with E-state index in [-0.39, 0.29) is 18.4 Å². The summed E-state index contributed by atoms with van der Waals surface area (Å²) in [6, 6.07) is -0.602. The van der Waals surface area contributed by atoms with Crippen LogP contribution in [0.2, 0.25) is 0 Å². The fourth-order valence-corrected chi connectivity index (χ4v) is 2.58. The highest BCUT2D eigenvalue weighted by atomic mass is 127. The lowest BCUT2D eigenvalue weighted by Gasteiger charge is -2.35. The van der Waals surface area contributed by atoms with Gasteiger partial charge < -0.3 is 14.9 Å². The molecule has 0 aliphatic carbocycles. The average molecular weight is 356 g/mol. The first-order valence-corrected chi connectivity index (χ1v) is 6.43. The van der Waals surface area contributed by atoms with Crippen LogP contribution in [0, 0.1) is 5.92 Å². The van der Waals surface area contributed by atoms with Gasteiger partial charge in [0.1, 0.15) is 16.3 Å². The van der Waals surface area contributed by atoms with Crippen LogP contribution in [0.5, 0.6) is 0 Å². The summed E-state index contributed by atoms with van der Waals surface area (Å²) in [4.78, 5) is 24.1. The van der Waals surface area contributed by atoms with E-state index in [1.165, 1.54) is 4.90 Å². The number of hydrogen-bond donors (Lipinski definition) is 3. The van der Waals surface area contributed by atoms with E-state index in [0.717, 1.165) is 0 Å². The summed E-state index contributed by atoms with van der Waals surface area (Å²) < 4.78 is 4.74. The van der Waals surface area contributed by atoms with Gasteiger partial charge in [0.25, 0.3) is 0 Å². The van der Waals surface area contributed by atoms with Gasteiger partial charge in [-0.15, -0.1) is 0 Å². The van der Waals surface area contributed by atoms with Crippen LogP contribution in [0.25, 0.3) is 0 Å². The van der Waals surface area contributed by atoms with Gasteiger partial charge in [-0.25, -0.2) is 4.79 Å². The SMILES string of the molecule is CC1CN(C2OC(I)[C@@H](O)[C@H]2O)C(=O)NC1=O. The second-order valence-electron chi connectivity index (χ2n) is 4.21. The summed E-state index contributed by atoms with van der Waals surface area (Å²) in [5.41, 5.74) is 0. The molecule has 3 amide bonds. The second kappa shape index (κ2) is 4.67. The summed E-state index contributed by atoms with van der Waals surface area (Å²) in [6.07, 6.45) is -3.12. The van der Waals surface area contributed by atoms with Crippen molar-refractivity contribution in [3.63, 3.8) is 0 Å². The Kier molecular flexibility index (Phi) is 3.57. The Hall–Kier alpha value is -0.450. The number of carbonyl (C=O) groups excluding carboxylic acids is 2. The third-order valence-electron chi connectivity index (χ3n) is 2.90. The van der Waals surface area contributed by atoms with Crippen molar-refractivity contribution in [3.8, 4) is 0 Å². The van der Waals surface area contributed by atoms with Gasteiger partial charge in [-0.1, -0.05) is 6.92 Å². The highest BCUT2D eigenvalue weighted by molar-refractivity contribution is 14.1. The molecular weight excluding hydrogens is 343 g/mol. The molecule has 0 aromatic carbocycles. The van der Waals surface area contributed by atoms with Crippen LogP contribution in [-0.2, 0) is 9.53 Å². The molecule has 7 nitrogen and oxygen atoms in total. The van der Waals surface area contributed by atoms with Crippen molar-refractivity contribution in [1.29, 1.82) is 0 Å². The third kappa shape index (κ3) is 2.26. The van der Waals surface area contributed by atoms with Gasteiger partial charge in [0, 0.05) is 6.54 Å². The van der Waals surface area contributed by atoms with Crippen molar-refractivity contribution in [1.82, 2.24) is 10.2 Å². The Bertz CT molecular complexity index is 352. The number of halogens is 1. The Morgan fingerprint density at radius 1 is 1.41 bits per heavy atom. The number of ether oxygens (including phenoxy) is 1. The lowest BCUT2D eigenvalue weighted by Crippen LogP contribution is -2.59. The predicted molar refractivity (Wildman–Crippen MR) is 64.1 cm³/mol. The van der Waals surface area contributed by atoms with Crippen molar-refractivity contribution < 1.29 is 24.5 Å². The zero-order valence-corrected chi connectivity index (χ0v) is 11.2. The van der Waals surface area contributed by atoms with Crippen LogP contribution in [0.1, 0.15) is 6.92 Å². The minimum Gasteiger partial charge on any atom is -0.387 e. The molecule has 2 aliphatic rings. The first-order chi connectivity index (χ1) is 7.91. The van der Waals surface area contributed by atoms with E-state index in [0.29, 0.717) is 0 Å². The number of aliphatic hydroxyl groups is 2. The number of nitrogens with one attached hydrogen (secondary N) is 1. The van der Waals surface area contributed by atoms with Gasteiger partial charge in [0.15, 0.2) is 6.23 Å². The first-order valence-electron chi connectivity index (χ1n) is 5.19. The van der Waals surface area contributed by atoms with Crippen LogP contribution in [-0.4, -0.2) is 56.1 Å². The van der Waals surface area contributed by atoms with Crippen LogP contribution in [0.4, 0.5) is 4.79 Å². The van der Waals surface area contributed by atoms with Gasteiger partial charge in [0.05, 0.1) is 5.92 Å². The number of urea groups is 1. The third-order valence-corrected chi connectivity index (χ3v) is 3.93. The van der Waals surface area contributed by atoms with Crippen LogP contribution in [0.15, 0.2) is 0 Å². The van der Waals surface area contributed by atoms with Gasteiger partial charge in [-0.05, 0) is 22.6 Å². The normalized spacial score (nSPS) is 42.8. The van der Waals surface area contributed by atoms with E-state index in [2.05, 4.69) is 5.32 Å². The maximum atomic E-state index is 11.6. The summed E-state index contributed by atoms with van der Waals surface area (Å²) in [5, 5.41) is 21.5. The highest BCUT2D eigenvalue weighted by Gasteiger charge is 2.47. The lowest BCUT2D eigenvalue weighted by atomic mass is 10.1. The van der Waals surface area contributed by atoms with E-state index >= 15 is 0 Å². The van der Waals surface area contributed by atoms with E-state index < -0.39 is 28.6 Å². The maximum Gasteiger partial charge on any atom is 0.326 e. The minimum atomic E-state index is -1.16. The fourth-order valence-electron chi connectivity index (χ4n) is 1.86. The summed E-state index contributed by atoms with van der Waals surface area (Å²) >= 11 is 1.84. The summed E-state index contributed by atoms with van der Waals surface area (Å²) in [7, 11) is 0. The molecule has 2 fully saturated rings. The van der Waals surface area contributed by atoms with E-state index in [4.69, 9.17) is 4.74 Å². The molecule has 0 aromatic rings. The number of hydrogen-bond acceptors (Lipinski definition) is 5. The molecule has 8 heteroatoms. The molecular formula is C9H13IN2O5. The van der Waals surface area contributed by atoms with E-state index in [1.807, 2.05) is 22.6 Å². The predicted octanol–water partition coefficient (Wildman–Crippen LogP) is -0.987. The number of rotatable bonds is 1. The quantitative estimate of drug-likeness (QED) is 0.414. The largest absolute Gasteiger partial charge is 0.387 e. The second-order valence-corrected chi connectivity index (χ2v) is 5.43. The highest BCUT2D eigenvalue weighted by Crippen LogP contribution is 2.29. The molecule has 17 heavy (non-hydrogen) atoms. The molecule has 96 valence electrons. The fraction of sp³-hybridized carbons (Fsp3) is 0.778. The zero-order valence-electron chi connectivity index (χ0n) is 9.04. The van der Waals surface area contributed by atoms with Gasteiger partial charge in [-0.2, -0.15) is 0 Å². The number of carbonyl (C=O) groups is 2. The molecule has 2 heterocycles. The topological polar surface area (TPSA) is 99.1 Å². The van der Waals surface area contributed by atoms with Gasteiger partial charge in [0.2, 0.25) is 5.91 Å². The molecule has 0 bridgehead atoms. The number of alkyl halides is 1. The van der Waals surface area contributed by atoms with Gasteiger partial charge in [-0.3, -0.25) is 15.0 Å². The smallest absolute Gasteiger partial charge is 0.326 e. The molecule has 0 saturated carbocycles. The number of nitrogens with zero attached hydrogens (tertiary/aromatic N) is 1.